The van der Waals surface area contributed by atoms with Crippen molar-refractivity contribution in [3.63, 3.8) is 0 Å². The van der Waals surface area contributed by atoms with Crippen LogP contribution in [0.5, 0.6) is 0 Å². The van der Waals surface area contributed by atoms with E-state index in [1.807, 2.05) is 0 Å². The largest absolute Gasteiger partial charge is 0.330 e. The van der Waals surface area contributed by atoms with E-state index in [4.69, 9.17) is 0 Å². The van der Waals surface area contributed by atoms with E-state index in [1.165, 1.54) is 0 Å². The molecule has 6 heteroatoms. The first kappa shape index (κ1) is 12.1. The van der Waals surface area contributed by atoms with E-state index in [1.54, 1.807) is 32.2 Å². The maximum Gasteiger partial charge on any atom is 0.330 e. The van der Waals surface area contributed by atoms with Crippen molar-refractivity contribution in [2.24, 2.45) is 0 Å². The molecule has 1 aromatic heterocycles. The Morgan fingerprint density at radius 3 is 2.76 bits per heavy atom. The van der Waals surface area contributed by atoms with Gasteiger partial charge >= 0.3 is 5.69 Å². The van der Waals surface area contributed by atoms with Crippen molar-refractivity contribution in [2.45, 2.75) is 13.1 Å². The quantitative estimate of drug-likeness (QED) is 0.875. The monoisotopic (exact) mass is 297 g/mol. The molecule has 0 bridgehead atoms. The van der Waals surface area contributed by atoms with E-state index in [-0.39, 0.29) is 11.7 Å². The van der Waals surface area contributed by atoms with Crippen molar-refractivity contribution in [3.8, 4) is 0 Å². The maximum absolute atomic E-state index is 12.2. The lowest BCUT2D eigenvalue weighted by atomic mass is 10.2. The Morgan fingerprint density at radius 2 is 2.12 bits per heavy atom. The van der Waals surface area contributed by atoms with E-state index in [9.17, 15) is 9.59 Å². The van der Waals surface area contributed by atoms with Crippen LogP contribution < -0.4 is 16.6 Å². The van der Waals surface area contributed by atoms with Gasteiger partial charge in [-0.1, -0.05) is 15.9 Å². The molecule has 1 unspecified atom stereocenters. The summed E-state index contributed by atoms with van der Waals surface area (Å²) in [6.45, 7) is 1.75. The molecule has 0 fully saturated rings. The summed E-state index contributed by atoms with van der Waals surface area (Å²) in [6, 6.07) is 5.19. The minimum Gasteiger partial charge on any atom is -0.307 e. The topological polar surface area (TPSA) is 66.9 Å². The highest BCUT2D eigenvalue weighted by Crippen LogP contribution is 2.14. The molecule has 0 saturated carbocycles. The zero-order chi connectivity index (χ0) is 12.6. The van der Waals surface area contributed by atoms with Gasteiger partial charge in [0, 0.05) is 4.47 Å². The molecule has 0 aliphatic carbocycles. The Labute approximate surface area is 106 Å². The minimum atomic E-state index is -0.410. The lowest BCUT2D eigenvalue weighted by Crippen LogP contribution is -2.41. The summed E-state index contributed by atoms with van der Waals surface area (Å²) >= 11 is 3.31. The molecule has 17 heavy (non-hydrogen) atoms. The number of nitrogens with one attached hydrogen (secondary N) is 2. The number of aromatic nitrogens is 2. The number of fused-ring (bicyclic) bond motifs is 1. The summed E-state index contributed by atoms with van der Waals surface area (Å²) in [4.78, 5) is 26.7. The van der Waals surface area contributed by atoms with Crippen molar-refractivity contribution in [2.75, 3.05) is 7.05 Å². The van der Waals surface area contributed by atoms with Crippen molar-refractivity contribution >= 4 is 26.8 Å². The first-order chi connectivity index (χ1) is 8.04. The molecule has 0 spiro atoms. The van der Waals surface area contributed by atoms with E-state index in [0.717, 1.165) is 9.04 Å². The van der Waals surface area contributed by atoms with Crippen LogP contribution in [0.4, 0.5) is 0 Å². The van der Waals surface area contributed by atoms with E-state index < -0.39 is 5.69 Å². The van der Waals surface area contributed by atoms with Gasteiger partial charge in [0.2, 0.25) is 0 Å². The van der Waals surface area contributed by atoms with E-state index in [2.05, 4.69) is 26.2 Å². The third-order valence-electron chi connectivity index (χ3n) is 2.70. The van der Waals surface area contributed by atoms with Crippen molar-refractivity contribution in [1.82, 2.24) is 14.9 Å². The lowest BCUT2D eigenvalue weighted by Gasteiger charge is -2.13. The van der Waals surface area contributed by atoms with Crippen LogP contribution in [0.25, 0.3) is 10.9 Å². The molecule has 1 atom stereocenters. The number of halogens is 1. The van der Waals surface area contributed by atoms with Crippen LogP contribution in [0, 0.1) is 0 Å². The van der Waals surface area contributed by atoms with Gasteiger partial charge in [-0.2, -0.15) is 0 Å². The standard InChI is InChI=1S/C11H12BrN3O2/c1-6(13-2)15-10(16)8-5-7(12)3-4-9(8)14-11(15)17/h3-6,13H,1-2H3,(H,14,17). The molecule has 0 aliphatic rings. The second-order valence-corrected chi connectivity index (χ2v) is 4.68. The first-order valence-corrected chi connectivity index (χ1v) is 5.95. The zero-order valence-electron chi connectivity index (χ0n) is 9.45. The first-order valence-electron chi connectivity index (χ1n) is 5.16. The van der Waals surface area contributed by atoms with Gasteiger partial charge in [-0.15, -0.1) is 0 Å². The number of aromatic amines is 1. The molecule has 0 radical (unpaired) electrons. The van der Waals surface area contributed by atoms with Crippen LogP contribution in [-0.4, -0.2) is 16.6 Å². The molecule has 0 saturated heterocycles. The van der Waals surface area contributed by atoms with Gasteiger partial charge in [-0.25, -0.2) is 9.36 Å². The maximum atomic E-state index is 12.2. The van der Waals surface area contributed by atoms with Gasteiger partial charge in [-0.3, -0.25) is 4.79 Å². The normalized spacial score (nSPS) is 12.9. The summed E-state index contributed by atoms with van der Waals surface area (Å²) < 4.78 is 1.97. The summed E-state index contributed by atoms with van der Waals surface area (Å²) in [6.07, 6.45) is -0.352. The Balaban J connectivity index is 2.88. The number of nitrogens with zero attached hydrogens (tertiary/aromatic N) is 1. The number of hydrogen-bond donors (Lipinski definition) is 2. The average molecular weight is 298 g/mol. The van der Waals surface area contributed by atoms with Crippen LogP contribution in [0.15, 0.2) is 32.3 Å². The van der Waals surface area contributed by atoms with Crippen LogP contribution in [-0.2, 0) is 0 Å². The van der Waals surface area contributed by atoms with E-state index >= 15 is 0 Å². The molecule has 90 valence electrons. The van der Waals surface area contributed by atoms with Gasteiger partial charge in [0.1, 0.15) is 0 Å². The molecule has 1 heterocycles. The third kappa shape index (κ3) is 2.05. The van der Waals surface area contributed by atoms with Gasteiger partial charge in [-0.05, 0) is 32.2 Å². The Kier molecular flexibility index (Phi) is 3.17. The van der Waals surface area contributed by atoms with Crippen LogP contribution in [0.2, 0.25) is 0 Å². The Morgan fingerprint density at radius 1 is 1.41 bits per heavy atom. The van der Waals surface area contributed by atoms with Crippen molar-refractivity contribution in [3.05, 3.63) is 43.5 Å². The molecule has 5 nitrogen and oxygen atoms in total. The third-order valence-corrected chi connectivity index (χ3v) is 3.19. The second-order valence-electron chi connectivity index (χ2n) is 3.76. The number of hydrogen-bond acceptors (Lipinski definition) is 3. The molecule has 2 aromatic rings. The molecular weight excluding hydrogens is 286 g/mol. The Bertz CT molecular complexity index is 674. The molecule has 2 N–H and O–H groups in total. The van der Waals surface area contributed by atoms with Crippen LogP contribution in [0.3, 0.4) is 0 Å². The lowest BCUT2D eigenvalue weighted by molar-refractivity contribution is 0.447. The molecule has 0 aliphatic heterocycles. The smallest absolute Gasteiger partial charge is 0.307 e. The Hall–Kier alpha value is -1.40. The van der Waals surface area contributed by atoms with Gasteiger partial charge in [0.05, 0.1) is 17.1 Å². The number of rotatable bonds is 2. The highest BCUT2D eigenvalue weighted by Gasteiger charge is 2.11. The average Bonchev–Trinajstić information content (AvgIpc) is 2.30. The summed E-state index contributed by atoms with van der Waals surface area (Å²) in [7, 11) is 1.70. The van der Waals surface area contributed by atoms with Crippen LogP contribution >= 0.6 is 15.9 Å². The highest BCUT2D eigenvalue weighted by atomic mass is 79.9. The van der Waals surface area contributed by atoms with Gasteiger partial charge < -0.3 is 10.3 Å². The minimum absolute atomic E-state index is 0.299. The zero-order valence-corrected chi connectivity index (χ0v) is 11.0. The van der Waals surface area contributed by atoms with Crippen molar-refractivity contribution in [1.29, 1.82) is 0 Å². The van der Waals surface area contributed by atoms with Crippen LogP contribution in [0.1, 0.15) is 13.1 Å². The SMILES string of the molecule is CNC(C)n1c(=O)[nH]c2ccc(Br)cc2c1=O. The van der Waals surface area contributed by atoms with Gasteiger partial charge in [0.25, 0.3) is 5.56 Å². The van der Waals surface area contributed by atoms with Crippen molar-refractivity contribution < 1.29 is 0 Å². The fraction of sp³-hybridized carbons (Fsp3) is 0.273. The fourth-order valence-corrected chi connectivity index (χ4v) is 2.04. The number of H-pyrrole nitrogens is 1. The molecule has 2 rings (SSSR count). The molecule has 1 aromatic carbocycles. The van der Waals surface area contributed by atoms with Gasteiger partial charge in [0.15, 0.2) is 0 Å². The predicted octanol–water partition coefficient (Wildman–Crippen LogP) is 1.19. The van der Waals surface area contributed by atoms with E-state index in [0.29, 0.717) is 10.9 Å². The number of benzene rings is 1. The molecular formula is C11H12BrN3O2. The fourth-order valence-electron chi connectivity index (χ4n) is 1.68. The summed E-state index contributed by atoms with van der Waals surface area (Å²) in [5.74, 6) is 0. The highest BCUT2D eigenvalue weighted by molar-refractivity contribution is 9.10. The predicted molar refractivity (Wildman–Crippen MR) is 70.3 cm³/mol. The summed E-state index contributed by atoms with van der Waals surface area (Å²) in [5, 5.41) is 3.36. The summed E-state index contributed by atoms with van der Waals surface area (Å²) in [5.41, 5.74) is -0.165. The second kappa shape index (κ2) is 4.46. The molecule has 0 amide bonds.